The summed E-state index contributed by atoms with van der Waals surface area (Å²) in [7, 11) is 1.90. The Bertz CT molecular complexity index is 996. The molecule has 3 heterocycles. The monoisotopic (exact) mass is 444 g/mol. The first-order chi connectivity index (χ1) is 15.2. The van der Waals surface area contributed by atoms with Gasteiger partial charge in [0.15, 0.2) is 5.82 Å². The molecule has 0 spiro atoms. The van der Waals surface area contributed by atoms with Crippen LogP contribution >= 0.6 is 0 Å². The van der Waals surface area contributed by atoms with Crippen molar-refractivity contribution in [3.8, 4) is 0 Å². The summed E-state index contributed by atoms with van der Waals surface area (Å²) in [6, 6.07) is 1.78. The van der Waals surface area contributed by atoms with Gasteiger partial charge in [0.25, 0.3) is 0 Å². The van der Waals surface area contributed by atoms with Crippen LogP contribution in [-0.4, -0.2) is 50.2 Å². The smallest absolute Gasteiger partial charge is 0.407 e. The number of amides is 2. The van der Waals surface area contributed by atoms with Gasteiger partial charge in [0, 0.05) is 36.7 Å². The molecule has 1 saturated carbocycles. The van der Waals surface area contributed by atoms with E-state index in [1.165, 1.54) is 0 Å². The zero-order chi connectivity index (χ0) is 23.0. The molecule has 0 bridgehead atoms. The van der Waals surface area contributed by atoms with Crippen molar-refractivity contribution in [2.24, 2.45) is 13.0 Å². The van der Waals surface area contributed by atoms with Gasteiger partial charge in [-0.05, 0) is 45.1 Å². The Kier molecular flexibility index (Phi) is 5.98. The Morgan fingerprint density at radius 2 is 2.16 bits per heavy atom. The molecule has 0 unspecified atom stereocenters. The van der Waals surface area contributed by atoms with Gasteiger partial charge in [-0.1, -0.05) is 6.92 Å². The van der Waals surface area contributed by atoms with Crippen LogP contribution in [-0.2, 0) is 21.3 Å². The number of nitrogens with zero attached hydrogens (tertiary/aromatic N) is 3. The van der Waals surface area contributed by atoms with E-state index in [9.17, 15) is 9.59 Å². The third-order valence-electron chi connectivity index (χ3n) is 6.55. The average Bonchev–Trinajstić information content (AvgIpc) is 3.01. The molecule has 10 heteroatoms. The number of carbonyl (C=O) groups excluding carboxylic acids is 2. The van der Waals surface area contributed by atoms with E-state index in [-0.39, 0.29) is 35.5 Å². The Morgan fingerprint density at radius 1 is 1.38 bits per heavy atom. The first-order valence-corrected chi connectivity index (χ1v) is 11.1. The van der Waals surface area contributed by atoms with Crippen LogP contribution < -0.4 is 10.6 Å². The maximum absolute atomic E-state index is 12.6. The molecule has 2 aromatic rings. The second kappa shape index (κ2) is 8.57. The molecule has 1 aliphatic carbocycles. The largest absolute Gasteiger partial charge is 0.444 e. The molecule has 2 fully saturated rings. The summed E-state index contributed by atoms with van der Waals surface area (Å²) in [6.45, 7) is 8.24. The topological polar surface area (TPSA) is 123 Å². The molecule has 0 aromatic carbocycles. The van der Waals surface area contributed by atoms with Crippen molar-refractivity contribution < 1.29 is 19.1 Å². The van der Waals surface area contributed by atoms with Crippen molar-refractivity contribution in [1.82, 2.24) is 25.3 Å². The quantitative estimate of drug-likeness (QED) is 0.603. The Labute approximate surface area is 187 Å². The Balaban J connectivity index is 1.27. The highest BCUT2D eigenvalue weighted by Gasteiger charge is 2.45. The Morgan fingerprint density at radius 3 is 2.84 bits per heavy atom. The van der Waals surface area contributed by atoms with Gasteiger partial charge in [-0.3, -0.25) is 14.6 Å². The van der Waals surface area contributed by atoms with Crippen LogP contribution in [0.1, 0.15) is 69.0 Å². The molecule has 1 aliphatic heterocycles. The molecule has 10 nitrogen and oxygen atoms in total. The summed E-state index contributed by atoms with van der Waals surface area (Å²) in [6.07, 6.45) is 2.96. The molecule has 4 rings (SSSR count). The van der Waals surface area contributed by atoms with E-state index in [0.717, 1.165) is 29.8 Å². The maximum Gasteiger partial charge on any atom is 0.407 e. The molecule has 2 aliphatic rings. The number of rotatable bonds is 7. The van der Waals surface area contributed by atoms with Gasteiger partial charge in [0.2, 0.25) is 5.91 Å². The molecule has 3 N–H and O–H groups in total. The molecule has 2 amide bonds. The summed E-state index contributed by atoms with van der Waals surface area (Å²) >= 11 is 0. The van der Waals surface area contributed by atoms with Crippen molar-refractivity contribution in [3.63, 3.8) is 0 Å². The molecule has 174 valence electrons. The lowest BCUT2D eigenvalue weighted by Gasteiger charge is -2.24. The van der Waals surface area contributed by atoms with Gasteiger partial charge < -0.3 is 20.1 Å². The summed E-state index contributed by atoms with van der Waals surface area (Å²) in [5.41, 5.74) is 2.65. The van der Waals surface area contributed by atoms with Gasteiger partial charge in [0.05, 0.1) is 18.5 Å². The number of aromatic nitrogens is 4. The van der Waals surface area contributed by atoms with Crippen molar-refractivity contribution in [3.05, 3.63) is 29.2 Å². The number of aromatic amines is 1. The molecule has 2 aromatic heterocycles. The fraction of sp³-hybridized carbons (Fsp3) is 0.636. The number of carbonyl (C=O) groups is 2. The van der Waals surface area contributed by atoms with Gasteiger partial charge >= 0.3 is 6.09 Å². The van der Waals surface area contributed by atoms with E-state index in [4.69, 9.17) is 9.47 Å². The van der Waals surface area contributed by atoms with Crippen LogP contribution in [0.3, 0.4) is 0 Å². The third kappa shape index (κ3) is 4.79. The second-order valence-corrected chi connectivity index (χ2v) is 9.40. The summed E-state index contributed by atoms with van der Waals surface area (Å²) in [5.74, 6) is 0.570. The third-order valence-corrected chi connectivity index (χ3v) is 6.55. The standard InChI is InChI=1S/C22H32N6O4/c1-6-22(3,4)25-21(30)32-13-7-18(31-11-13)17-9-19(27-26-17)24-20(29)15-8-14(15)16-10-23-28(5)12(16)2/h9-10,13-15,18H,6-8,11H2,1-5H3,(H,25,30)(H2,24,26,27,29)/t13-,14+,15+,18-/m1/s1. The van der Waals surface area contributed by atoms with Crippen molar-refractivity contribution in [1.29, 1.82) is 0 Å². The van der Waals surface area contributed by atoms with Crippen LogP contribution in [0.15, 0.2) is 12.3 Å². The first kappa shape index (κ1) is 22.3. The predicted molar refractivity (Wildman–Crippen MR) is 117 cm³/mol. The second-order valence-electron chi connectivity index (χ2n) is 9.40. The van der Waals surface area contributed by atoms with E-state index in [1.807, 2.05) is 45.6 Å². The number of alkyl carbamates (subject to hydrolysis) is 1. The number of H-pyrrole nitrogens is 1. The summed E-state index contributed by atoms with van der Waals surface area (Å²) < 4.78 is 13.1. The zero-order valence-corrected chi connectivity index (χ0v) is 19.3. The van der Waals surface area contributed by atoms with Crippen molar-refractivity contribution >= 4 is 17.8 Å². The fourth-order valence-corrected chi connectivity index (χ4v) is 3.94. The van der Waals surface area contributed by atoms with Crippen LogP contribution in [0.5, 0.6) is 0 Å². The van der Waals surface area contributed by atoms with Crippen molar-refractivity contribution in [2.75, 3.05) is 11.9 Å². The summed E-state index contributed by atoms with van der Waals surface area (Å²) in [5, 5.41) is 17.1. The SMILES string of the molecule is CCC(C)(C)NC(=O)O[C@H]1CO[C@@H](c2cc(NC(=O)[C@H]3C[C@@H]3c3cnn(C)c3C)n[nH]2)C1. The highest BCUT2D eigenvalue weighted by atomic mass is 16.6. The number of aryl methyl sites for hydroxylation is 1. The normalized spacial score (nSPS) is 24.9. The minimum atomic E-state index is -0.438. The first-order valence-electron chi connectivity index (χ1n) is 11.1. The number of anilines is 1. The van der Waals surface area contributed by atoms with E-state index in [0.29, 0.717) is 18.8 Å². The van der Waals surface area contributed by atoms with E-state index >= 15 is 0 Å². The molecular weight excluding hydrogens is 412 g/mol. The van der Waals surface area contributed by atoms with Gasteiger partial charge in [-0.15, -0.1) is 0 Å². The molecule has 32 heavy (non-hydrogen) atoms. The Hall–Kier alpha value is -2.88. The van der Waals surface area contributed by atoms with Crippen molar-refractivity contribution in [2.45, 2.75) is 70.6 Å². The fourth-order valence-electron chi connectivity index (χ4n) is 3.94. The van der Waals surface area contributed by atoms with Gasteiger partial charge in [-0.25, -0.2) is 4.79 Å². The molecule has 4 atom stereocenters. The predicted octanol–water partition coefficient (Wildman–Crippen LogP) is 2.94. The highest BCUT2D eigenvalue weighted by Crippen LogP contribution is 2.48. The minimum Gasteiger partial charge on any atom is -0.444 e. The lowest BCUT2D eigenvalue weighted by Crippen LogP contribution is -2.44. The van der Waals surface area contributed by atoms with Crippen LogP contribution in [0, 0.1) is 12.8 Å². The lowest BCUT2D eigenvalue weighted by atomic mass is 10.0. The number of nitrogens with one attached hydrogen (secondary N) is 3. The lowest BCUT2D eigenvalue weighted by molar-refractivity contribution is -0.117. The number of hydrogen-bond acceptors (Lipinski definition) is 6. The average molecular weight is 445 g/mol. The van der Waals surface area contributed by atoms with Gasteiger partial charge in [0.1, 0.15) is 12.2 Å². The maximum atomic E-state index is 12.6. The van der Waals surface area contributed by atoms with E-state index in [2.05, 4.69) is 25.9 Å². The van der Waals surface area contributed by atoms with Crippen LogP contribution in [0.25, 0.3) is 0 Å². The van der Waals surface area contributed by atoms with E-state index < -0.39 is 6.09 Å². The number of hydrogen-bond donors (Lipinski definition) is 3. The molecule has 1 saturated heterocycles. The van der Waals surface area contributed by atoms with Crippen LogP contribution in [0.4, 0.5) is 10.6 Å². The minimum absolute atomic E-state index is 0.0416. The zero-order valence-electron chi connectivity index (χ0n) is 19.3. The van der Waals surface area contributed by atoms with Gasteiger partial charge in [-0.2, -0.15) is 10.2 Å². The number of ether oxygens (including phenoxy) is 2. The molecule has 0 radical (unpaired) electrons. The van der Waals surface area contributed by atoms with E-state index in [1.54, 1.807) is 6.07 Å². The molecular formula is C22H32N6O4. The summed E-state index contributed by atoms with van der Waals surface area (Å²) in [4.78, 5) is 24.7. The van der Waals surface area contributed by atoms with Crippen LogP contribution in [0.2, 0.25) is 0 Å². The highest BCUT2D eigenvalue weighted by molar-refractivity contribution is 5.94.